The number of hydrogen-bond acceptors (Lipinski definition) is 3. The summed E-state index contributed by atoms with van der Waals surface area (Å²) in [7, 11) is 4.30. The summed E-state index contributed by atoms with van der Waals surface area (Å²) in [6, 6.07) is 4.34. The van der Waals surface area contributed by atoms with E-state index in [-0.39, 0.29) is 0 Å². The Morgan fingerprint density at radius 3 is 2.53 bits per heavy atom. The van der Waals surface area contributed by atoms with Gasteiger partial charge in [-0.15, -0.1) is 0 Å². The Labute approximate surface area is 118 Å². The van der Waals surface area contributed by atoms with Gasteiger partial charge >= 0.3 is 0 Å². The van der Waals surface area contributed by atoms with Gasteiger partial charge in [0.2, 0.25) is 0 Å². The summed E-state index contributed by atoms with van der Waals surface area (Å²) in [5.74, 6) is 1.94. The van der Waals surface area contributed by atoms with Gasteiger partial charge in [-0.1, -0.05) is 13.8 Å². The summed E-state index contributed by atoms with van der Waals surface area (Å²) in [6.45, 7) is 11.7. The lowest BCUT2D eigenvalue weighted by molar-refractivity contribution is 0.340. The van der Waals surface area contributed by atoms with Gasteiger partial charge in [0.05, 0.1) is 0 Å². The molecule has 0 spiro atoms. The first-order valence-corrected chi connectivity index (χ1v) is 7.39. The Kier molecular flexibility index (Phi) is 6.29. The topological polar surface area (TPSA) is 19.4 Å². The number of aryl methyl sites for hydroxylation is 2. The van der Waals surface area contributed by atoms with Crippen LogP contribution in [0, 0.1) is 19.8 Å². The van der Waals surface area contributed by atoms with Crippen molar-refractivity contribution in [3.8, 4) is 0 Å². The van der Waals surface area contributed by atoms with Crippen molar-refractivity contribution in [2.75, 3.05) is 38.6 Å². The van der Waals surface area contributed by atoms with Crippen LogP contribution in [0.15, 0.2) is 12.1 Å². The first kappa shape index (κ1) is 16.0. The van der Waals surface area contributed by atoms with Gasteiger partial charge in [0.25, 0.3) is 0 Å². The van der Waals surface area contributed by atoms with E-state index in [9.17, 15) is 0 Å². The first-order chi connectivity index (χ1) is 9.04. The molecule has 0 saturated carbocycles. The van der Waals surface area contributed by atoms with Crippen LogP contribution in [0.2, 0.25) is 0 Å². The summed E-state index contributed by atoms with van der Waals surface area (Å²) in [4.78, 5) is 9.35. The summed E-state index contributed by atoms with van der Waals surface area (Å²) < 4.78 is 0. The fourth-order valence-electron chi connectivity index (χ4n) is 2.69. The number of pyridine rings is 1. The molecule has 1 saturated heterocycles. The van der Waals surface area contributed by atoms with Crippen LogP contribution in [0.5, 0.6) is 0 Å². The van der Waals surface area contributed by atoms with E-state index in [1.807, 2.05) is 13.8 Å². The quantitative estimate of drug-likeness (QED) is 0.835. The molecular weight excluding hydrogens is 234 g/mol. The van der Waals surface area contributed by atoms with Gasteiger partial charge in [0.1, 0.15) is 5.82 Å². The predicted molar refractivity (Wildman–Crippen MR) is 83.9 cm³/mol. The molecule has 0 N–H and O–H groups in total. The second-order valence-electron chi connectivity index (χ2n) is 5.51. The zero-order valence-electron chi connectivity index (χ0n) is 13.4. The highest BCUT2D eigenvalue weighted by molar-refractivity contribution is 5.43. The predicted octanol–water partition coefficient (Wildman–Crippen LogP) is 3.11. The molecule has 0 bridgehead atoms. The van der Waals surface area contributed by atoms with Gasteiger partial charge in [0, 0.05) is 25.3 Å². The molecule has 1 atom stereocenters. The normalized spacial score (nSPS) is 18.5. The largest absolute Gasteiger partial charge is 0.356 e. The van der Waals surface area contributed by atoms with Crippen molar-refractivity contribution >= 4 is 5.82 Å². The van der Waals surface area contributed by atoms with Crippen molar-refractivity contribution in [3.05, 3.63) is 23.4 Å². The van der Waals surface area contributed by atoms with Gasteiger partial charge in [-0.2, -0.15) is 0 Å². The molecule has 19 heavy (non-hydrogen) atoms. The highest BCUT2D eigenvalue weighted by Gasteiger charge is 2.23. The molecule has 0 aromatic carbocycles. The fourth-order valence-corrected chi connectivity index (χ4v) is 2.69. The third-order valence-corrected chi connectivity index (χ3v) is 3.32. The smallest absolute Gasteiger partial charge is 0.129 e. The van der Waals surface area contributed by atoms with Crippen LogP contribution in [0.1, 0.15) is 31.5 Å². The van der Waals surface area contributed by atoms with E-state index in [1.54, 1.807) is 0 Å². The lowest BCUT2D eigenvalue weighted by Crippen LogP contribution is -2.26. The van der Waals surface area contributed by atoms with E-state index >= 15 is 0 Å². The molecule has 1 aromatic heterocycles. The van der Waals surface area contributed by atoms with Crippen molar-refractivity contribution in [1.29, 1.82) is 0 Å². The van der Waals surface area contributed by atoms with Crippen LogP contribution in [0.4, 0.5) is 5.82 Å². The average Bonchev–Trinajstić information content (AvgIpc) is 2.78. The van der Waals surface area contributed by atoms with Crippen LogP contribution >= 0.6 is 0 Å². The maximum atomic E-state index is 4.64. The van der Waals surface area contributed by atoms with Crippen molar-refractivity contribution in [2.24, 2.45) is 5.92 Å². The summed E-state index contributed by atoms with van der Waals surface area (Å²) in [5.41, 5.74) is 2.43. The molecule has 1 fully saturated rings. The van der Waals surface area contributed by atoms with E-state index in [0.29, 0.717) is 0 Å². The van der Waals surface area contributed by atoms with Gasteiger partial charge in [-0.05, 0) is 58.0 Å². The van der Waals surface area contributed by atoms with Crippen LogP contribution in [0.25, 0.3) is 0 Å². The minimum atomic E-state index is 0.785. The van der Waals surface area contributed by atoms with E-state index in [0.717, 1.165) is 30.5 Å². The molecule has 3 heteroatoms. The molecule has 1 aliphatic heterocycles. The third kappa shape index (κ3) is 4.83. The van der Waals surface area contributed by atoms with Crippen molar-refractivity contribution in [3.63, 3.8) is 0 Å². The highest BCUT2D eigenvalue weighted by Crippen LogP contribution is 2.23. The maximum absolute atomic E-state index is 4.64. The van der Waals surface area contributed by atoms with E-state index in [1.165, 1.54) is 18.5 Å². The molecule has 0 radical (unpaired) electrons. The Balaban J connectivity index is 0.000000861. The summed E-state index contributed by atoms with van der Waals surface area (Å²) in [5, 5.41) is 0. The molecule has 1 unspecified atom stereocenters. The summed E-state index contributed by atoms with van der Waals surface area (Å²) >= 11 is 0. The van der Waals surface area contributed by atoms with Gasteiger partial charge in [-0.25, -0.2) is 4.98 Å². The number of aromatic nitrogens is 1. The van der Waals surface area contributed by atoms with Crippen LogP contribution in [-0.2, 0) is 0 Å². The molecule has 2 rings (SSSR count). The van der Waals surface area contributed by atoms with Crippen LogP contribution in [0.3, 0.4) is 0 Å². The maximum Gasteiger partial charge on any atom is 0.129 e. The number of nitrogens with zero attached hydrogens (tertiary/aromatic N) is 3. The Morgan fingerprint density at radius 1 is 1.26 bits per heavy atom. The number of hydrogen-bond donors (Lipinski definition) is 0. The standard InChI is InChI=1S/C14H23N3.C2H6/c1-11-7-12(2)15-14(8-11)17-6-5-13(10-17)9-16(3)4;1-2/h7-8,13H,5-6,9-10H2,1-4H3;1-2H3. The SMILES string of the molecule is CC.Cc1cc(C)nc(N2CCC(CN(C)C)C2)c1. The zero-order valence-corrected chi connectivity index (χ0v) is 13.4. The van der Waals surface area contributed by atoms with Crippen molar-refractivity contribution in [1.82, 2.24) is 9.88 Å². The average molecular weight is 263 g/mol. The van der Waals surface area contributed by atoms with E-state index < -0.39 is 0 Å². The molecule has 108 valence electrons. The van der Waals surface area contributed by atoms with Gasteiger partial charge in [-0.3, -0.25) is 0 Å². The van der Waals surface area contributed by atoms with Crippen LogP contribution < -0.4 is 4.90 Å². The van der Waals surface area contributed by atoms with Crippen LogP contribution in [-0.4, -0.2) is 43.6 Å². The molecule has 0 amide bonds. The van der Waals surface area contributed by atoms with Crippen molar-refractivity contribution in [2.45, 2.75) is 34.1 Å². The second-order valence-corrected chi connectivity index (χ2v) is 5.51. The molecular formula is C16H29N3. The molecule has 1 aliphatic rings. The molecule has 2 heterocycles. The minimum absolute atomic E-state index is 0.785. The highest BCUT2D eigenvalue weighted by atomic mass is 15.2. The lowest BCUT2D eigenvalue weighted by Gasteiger charge is -2.20. The Morgan fingerprint density at radius 2 is 1.95 bits per heavy atom. The molecule has 3 nitrogen and oxygen atoms in total. The first-order valence-electron chi connectivity index (χ1n) is 7.39. The lowest BCUT2D eigenvalue weighted by atomic mass is 10.1. The van der Waals surface area contributed by atoms with Crippen molar-refractivity contribution < 1.29 is 0 Å². The second kappa shape index (κ2) is 7.49. The van der Waals surface area contributed by atoms with Gasteiger partial charge in [0.15, 0.2) is 0 Å². The minimum Gasteiger partial charge on any atom is -0.356 e. The number of anilines is 1. The Bertz CT molecular complexity index is 367. The summed E-state index contributed by atoms with van der Waals surface area (Å²) in [6.07, 6.45) is 1.28. The molecule has 0 aliphatic carbocycles. The molecule has 1 aromatic rings. The van der Waals surface area contributed by atoms with Gasteiger partial charge < -0.3 is 9.80 Å². The van der Waals surface area contributed by atoms with E-state index in [2.05, 4.69) is 54.9 Å². The van der Waals surface area contributed by atoms with E-state index in [4.69, 9.17) is 0 Å². The number of rotatable bonds is 3. The zero-order chi connectivity index (χ0) is 14.4. The Hall–Kier alpha value is -1.09. The fraction of sp³-hybridized carbons (Fsp3) is 0.688. The monoisotopic (exact) mass is 263 g/mol. The third-order valence-electron chi connectivity index (χ3n) is 3.32.